The van der Waals surface area contributed by atoms with Crippen molar-refractivity contribution < 1.29 is 4.79 Å². The number of hydrogen-bond acceptors (Lipinski definition) is 1. The molecule has 4 heteroatoms. The summed E-state index contributed by atoms with van der Waals surface area (Å²) in [5.74, 6) is 0.446. The molecule has 0 heterocycles. The largest absolute Gasteiger partial charge is 0.353 e. The first-order valence-electron chi connectivity index (χ1n) is 5.00. The lowest BCUT2D eigenvalue weighted by Crippen LogP contribution is -2.22. The van der Waals surface area contributed by atoms with E-state index in [-0.39, 0.29) is 5.91 Å². The monoisotopic (exact) mass is 257 g/mol. The summed E-state index contributed by atoms with van der Waals surface area (Å²) in [7, 11) is 0. The molecule has 0 spiro atoms. The number of alkyl halides is 1. The predicted octanol–water partition coefficient (Wildman–Crippen LogP) is 3.10. The molecule has 0 aliphatic rings. The first-order chi connectivity index (χ1) is 7.72. The van der Waals surface area contributed by atoms with Crippen molar-refractivity contribution in [2.45, 2.75) is 6.42 Å². The van der Waals surface area contributed by atoms with E-state index >= 15 is 0 Å². The average molecular weight is 258 g/mol. The molecule has 0 bridgehead atoms. The molecule has 0 saturated carbocycles. The van der Waals surface area contributed by atoms with Crippen LogP contribution in [-0.4, -0.2) is 18.3 Å². The Labute approximate surface area is 105 Å². The van der Waals surface area contributed by atoms with Crippen LogP contribution in [0.1, 0.15) is 12.0 Å². The lowest BCUT2D eigenvalue weighted by molar-refractivity contribution is -0.116. The summed E-state index contributed by atoms with van der Waals surface area (Å²) in [4.78, 5) is 11.3. The lowest BCUT2D eigenvalue weighted by atomic mass is 10.2. The van der Waals surface area contributed by atoms with E-state index in [1.165, 1.54) is 6.08 Å². The molecule has 1 amide bonds. The molecule has 2 nitrogen and oxygen atoms in total. The second-order valence-corrected chi connectivity index (χ2v) is 4.03. The van der Waals surface area contributed by atoms with Crippen molar-refractivity contribution in [2.24, 2.45) is 0 Å². The summed E-state index contributed by atoms with van der Waals surface area (Å²) in [6.07, 6.45) is 4.02. The van der Waals surface area contributed by atoms with Crippen molar-refractivity contribution in [3.63, 3.8) is 0 Å². The maximum absolute atomic E-state index is 11.3. The van der Waals surface area contributed by atoms with Crippen LogP contribution in [0.2, 0.25) is 5.02 Å². The van der Waals surface area contributed by atoms with Gasteiger partial charge in [0.25, 0.3) is 0 Å². The summed E-state index contributed by atoms with van der Waals surface area (Å²) >= 11 is 11.2. The summed E-state index contributed by atoms with van der Waals surface area (Å²) in [5, 5.41) is 3.41. The van der Waals surface area contributed by atoms with Crippen LogP contribution < -0.4 is 5.32 Å². The van der Waals surface area contributed by atoms with Crippen molar-refractivity contribution in [3.05, 3.63) is 40.9 Å². The number of hydrogen-bond donors (Lipinski definition) is 1. The first-order valence-corrected chi connectivity index (χ1v) is 5.91. The smallest absolute Gasteiger partial charge is 0.243 e. The topological polar surface area (TPSA) is 29.1 Å². The molecule has 0 fully saturated rings. The van der Waals surface area contributed by atoms with Crippen molar-refractivity contribution in [3.8, 4) is 0 Å². The van der Waals surface area contributed by atoms with E-state index in [1.807, 2.05) is 12.1 Å². The fourth-order valence-corrected chi connectivity index (χ4v) is 1.34. The van der Waals surface area contributed by atoms with Crippen LogP contribution in [0.15, 0.2) is 30.3 Å². The summed E-state index contributed by atoms with van der Waals surface area (Å²) in [6, 6.07) is 7.27. The third kappa shape index (κ3) is 5.19. The standard InChI is InChI=1S/C12H13Cl2NO/c13-8-1-9-15-12(16)7-4-10-2-5-11(14)6-3-10/h2-7H,1,8-9H2,(H,15,16). The van der Waals surface area contributed by atoms with E-state index in [0.717, 1.165) is 12.0 Å². The molecule has 1 N–H and O–H groups in total. The third-order valence-corrected chi connectivity index (χ3v) is 2.43. The number of halogens is 2. The summed E-state index contributed by atoms with van der Waals surface area (Å²) in [5.41, 5.74) is 0.942. The molecule has 1 aromatic rings. The highest BCUT2D eigenvalue weighted by Crippen LogP contribution is 2.10. The second-order valence-electron chi connectivity index (χ2n) is 3.22. The fraction of sp³-hybridized carbons (Fsp3) is 0.250. The molecule has 0 unspecified atom stereocenters. The molecule has 0 aliphatic carbocycles. The Morgan fingerprint density at radius 1 is 1.31 bits per heavy atom. The van der Waals surface area contributed by atoms with Gasteiger partial charge in [-0.1, -0.05) is 23.7 Å². The summed E-state index contributed by atoms with van der Waals surface area (Å²) in [6.45, 7) is 0.604. The van der Waals surface area contributed by atoms with E-state index in [2.05, 4.69) is 5.32 Å². The highest BCUT2D eigenvalue weighted by atomic mass is 35.5. The molecule has 86 valence electrons. The number of rotatable bonds is 5. The van der Waals surface area contributed by atoms with E-state index in [9.17, 15) is 4.79 Å². The van der Waals surface area contributed by atoms with E-state index < -0.39 is 0 Å². The Bertz CT molecular complexity index is 360. The Hall–Kier alpha value is -0.990. The van der Waals surface area contributed by atoms with Gasteiger partial charge in [-0.3, -0.25) is 4.79 Å². The molecule has 0 aliphatic heterocycles. The van der Waals surface area contributed by atoms with Crippen molar-refractivity contribution >= 4 is 35.2 Å². The van der Waals surface area contributed by atoms with Gasteiger partial charge in [0, 0.05) is 23.5 Å². The van der Waals surface area contributed by atoms with Crippen molar-refractivity contribution in [2.75, 3.05) is 12.4 Å². The molecule has 1 rings (SSSR count). The van der Waals surface area contributed by atoms with Gasteiger partial charge in [0.2, 0.25) is 5.91 Å². The predicted molar refractivity (Wildman–Crippen MR) is 68.8 cm³/mol. The van der Waals surface area contributed by atoms with Gasteiger partial charge < -0.3 is 5.32 Å². The Morgan fingerprint density at radius 3 is 2.62 bits per heavy atom. The van der Waals surface area contributed by atoms with Crippen molar-refractivity contribution in [1.29, 1.82) is 0 Å². The number of carbonyl (C=O) groups is 1. The zero-order chi connectivity index (χ0) is 11.8. The molecule has 0 atom stereocenters. The van der Waals surface area contributed by atoms with Crippen LogP contribution in [0.4, 0.5) is 0 Å². The van der Waals surface area contributed by atoms with Gasteiger partial charge in [-0.25, -0.2) is 0 Å². The highest BCUT2D eigenvalue weighted by molar-refractivity contribution is 6.30. The Balaban J connectivity index is 2.41. The van der Waals surface area contributed by atoms with Gasteiger partial charge in [-0.2, -0.15) is 0 Å². The SMILES string of the molecule is O=C(C=Cc1ccc(Cl)cc1)NCCCCl. The van der Waals surface area contributed by atoms with E-state index in [4.69, 9.17) is 23.2 Å². The third-order valence-electron chi connectivity index (χ3n) is 1.91. The second kappa shape index (κ2) is 7.31. The van der Waals surface area contributed by atoms with E-state index in [0.29, 0.717) is 17.4 Å². The zero-order valence-corrected chi connectivity index (χ0v) is 10.3. The van der Waals surface area contributed by atoms with Gasteiger partial charge in [-0.15, -0.1) is 11.6 Å². The Morgan fingerprint density at radius 2 is 2.00 bits per heavy atom. The quantitative estimate of drug-likeness (QED) is 0.490. The van der Waals surface area contributed by atoms with Gasteiger partial charge in [0.05, 0.1) is 0 Å². The molecule has 0 aromatic heterocycles. The van der Waals surface area contributed by atoms with Crippen LogP contribution in [0.25, 0.3) is 6.08 Å². The van der Waals surface area contributed by atoms with Gasteiger partial charge >= 0.3 is 0 Å². The number of carbonyl (C=O) groups excluding carboxylic acids is 1. The first kappa shape index (κ1) is 13.1. The molecule has 0 radical (unpaired) electrons. The minimum absolute atomic E-state index is 0.111. The molecular formula is C12H13Cl2NO. The molecule has 16 heavy (non-hydrogen) atoms. The zero-order valence-electron chi connectivity index (χ0n) is 8.75. The summed E-state index contributed by atoms with van der Waals surface area (Å²) < 4.78 is 0. The van der Waals surface area contributed by atoms with Gasteiger partial charge in [-0.05, 0) is 30.2 Å². The number of benzene rings is 1. The minimum Gasteiger partial charge on any atom is -0.353 e. The number of amides is 1. The van der Waals surface area contributed by atoms with Crippen molar-refractivity contribution in [1.82, 2.24) is 5.32 Å². The number of nitrogens with one attached hydrogen (secondary N) is 1. The Kier molecular flexibility index (Phi) is 5.98. The van der Waals surface area contributed by atoms with Crippen LogP contribution in [-0.2, 0) is 4.79 Å². The normalized spacial score (nSPS) is 10.6. The maximum atomic E-state index is 11.3. The highest BCUT2D eigenvalue weighted by Gasteiger charge is 1.94. The van der Waals surface area contributed by atoms with E-state index in [1.54, 1.807) is 18.2 Å². The average Bonchev–Trinajstić information content (AvgIpc) is 2.29. The maximum Gasteiger partial charge on any atom is 0.243 e. The van der Waals surface area contributed by atoms with Crippen LogP contribution in [0.3, 0.4) is 0 Å². The fourth-order valence-electron chi connectivity index (χ4n) is 1.08. The minimum atomic E-state index is -0.111. The van der Waals surface area contributed by atoms with Crippen LogP contribution in [0.5, 0.6) is 0 Å². The van der Waals surface area contributed by atoms with Crippen LogP contribution >= 0.6 is 23.2 Å². The van der Waals surface area contributed by atoms with Gasteiger partial charge in [0.1, 0.15) is 0 Å². The molecular weight excluding hydrogens is 245 g/mol. The molecule has 1 aromatic carbocycles. The molecule has 0 saturated heterocycles. The van der Waals surface area contributed by atoms with Crippen LogP contribution in [0, 0.1) is 0 Å². The lowest BCUT2D eigenvalue weighted by Gasteiger charge is -1.98. The van der Waals surface area contributed by atoms with Gasteiger partial charge in [0.15, 0.2) is 0 Å².